The van der Waals surface area contributed by atoms with E-state index in [2.05, 4.69) is 10.4 Å². The van der Waals surface area contributed by atoms with Crippen molar-refractivity contribution in [2.75, 3.05) is 13.2 Å². The van der Waals surface area contributed by atoms with Crippen molar-refractivity contribution in [2.45, 2.75) is 38.3 Å². The van der Waals surface area contributed by atoms with Crippen LogP contribution in [0.3, 0.4) is 0 Å². The summed E-state index contributed by atoms with van der Waals surface area (Å²) in [6.07, 6.45) is 6.26. The molecule has 0 aliphatic carbocycles. The number of hydrogen-bond acceptors (Lipinski definition) is 4. The normalized spacial score (nSPS) is 19.5. The summed E-state index contributed by atoms with van der Waals surface area (Å²) in [5.41, 5.74) is 0.973. The molecule has 1 aliphatic heterocycles. The molecule has 0 radical (unpaired) electrons. The smallest absolute Gasteiger partial charge is 0.339 e. The fourth-order valence-corrected chi connectivity index (χ4v) is 2.36. The molecule has 2 N–H and O–H groups in total. The largest absolute Gasteiger partial charge is 0.478 e. The van der Waals surface area contributed by atoms with Gasteiger partial charge in [0, 0.05) is 20.2 Å². The zero-order chi connectivity index (χ0) is 13.7. The van der Waals surface area contributed by atoms with Gasteiger partial charge in [-0.1, -0.05) is 0 Å². The highest BCUT2D eigenvalue weighted by molar-refractivity contribution is 5.88. The average Bonchev–Trinajstić information content (AvgIpc) is 2.77. The van der Waals surface area contributed by atoms with Gasteiger partial charge in [0.2, 0.25) is 0 Å². The first-order valence-corrected chi connectivity index (χ1v) is 6.75. The van der Waals surface area contributed by atoms with Gasteiger partial charge in [-0.2, -0.15) is 5.10 Å². The molecule has 1 atom stereocenters. The van der Waals surface area contributed by atoms with Gasteiger partial charge in [0.25, 0.3) is 0 Å². The minimum Gasteiger partial charge on any atom is -0.478 e. The van der Waals surface area contributed by atoms with Crippen LogP contribution in [0.5, 0.6) is 0 Å². The number of aryl methyl sites for hydroxylation is 1. The van der Waals surface area contributed by atoms with Gasteiger partial charge in [-0.3, -0.25) is 4.68 Å². The topological polar surface area (TPSA) is 76.4 Å². The van der Waals surface area contributed by atoms with Gasteiger partial charge in [-0.15, -0.1) is 0 Å². The quantitative estimate of drug-likeness (QED) is 0.757. The lowest BCUT2D eigenvalue weighted by molar-refractivity contribution is 0.0115. The first kappa shape index (κ1) is 14.0. The molecule has 0 bridgehead atoms. The molecule has 106 valence electrons. The molecule has 1 fully saturated rings. The van der Waals surface area contributed by atoms with Gasteiger partial charge in [0.1, 0.15) is 5.56 Å². The average molecular weight is 267 g/mol. The van der Waals surface area contributed by atoms with E-state index in [1.54, 1.807) is 11.7 Å². The standard InChI is InChI=1S/C13H21N3O3/c1-16-12(11(8-15-16)13(17)18)9-14-6-5-10-4-2-3-7-19-10/h8,10,14H,2-7,9H2,1H3,(H,17,18). The number of nitrogens with one attached hydrogen (secondary N) is 1. The Hall–Kier alpha value is -1.40. The summed E-state index contributed by atoms with van der Waals surface area (Å²) in [6, 6.07) is 0. The van der Waals surface area contributed by atoms with Crippen molar-refractivity contribution in [1.82, 2.24) is 15.1 Å². The molecular weight excluding hydrogens is 246 g/mol. The number of carboxylic acids is 1. The highest BCUT2D eigenvalue weighted by atomic mass is 16.5. The van der Waals surface area contributed by atoms with Crippen LogP contribution in [0.25, 0.3) is 0 Å². The maximum Gasteiger partial charge on any atom is 0.339 e. The van der Waals surface area contributed by atoms with E-state index >= 15 is 0 Å². The molecule has 0 aromatic carbocycles. The molecule has 1 saturated heterocycles. The Balaban J connectivity index is 1.76. The molecule has 1 aliphatic rings. The van der Waals surface area contributed by atoms with Gasteiger partial charge in [0.05, 0.1) is 18.0 Å². The predicted octanol–water partition coefficient (Wildman–Crippen LogP) is 1.17. The summed E-state index contributed by atoms with van der Waals surface area (Å²) in [4.78, 5) is 11.0. The minimum atomic E-state index is -0.930. The number of hydrogen-bond donors (Lipinski definition) is 2. The zero-order valence-electron chi connectivity index (χ0n) is 11.3. The third-order valence-corrected chi connectivity index (χ3v) is 3.50. The molecule has 1 aromatic heterocycles. The van der Waals surface area contributed by atoms with E-state index in [4.69, 9.17) is 9.84 Å². The highest BCUT2D eigenvalue weighted by Crippen LogP contribution is 2.15. The van der Waals surface area contributed by atoms with Crippen LogP contribution in [0.15, 0.2) is 6.20 Å². The van der Waals surface area contributed by atoms with Crippen LogP contribution in [-0.2, 0) is 18.3 Å². The number of aromatic carboxylic acids is 1. The molecule has 1 aromatic rings. The van der Waals surface area contributed by atoms with Crippen molar-refractivity contribution >= 4 is 5.97 Å². The van der Waals surface area contributed by atoms with E-state index in [0.717, 1.165) is 26.0 Å². The molecule has 6 heteroatoms. The summed E-state index contributed by atoms with van der Waals surface area (Å²) < 4.78 is 7.25. The van der Waals surface area contributed by atoms with Gasteiger partial charge in [0.15, 0.2) is 0 Å². The fourth-order valence-electron chi connectivity index (χ4n) is 2.36. The molecule has 2 heterocycles. The van der Waals surface area contributed by atoms with E-state index in [9.17, 15) is 4.79 Å². The number of rotatable bonds is 6. The zero-order valence-corrected chi connectivity index (χ0v) is 11.3. The van der Waals surface area contributed by atoms with Crippen LogP contribution >= 0.6 is 0 Å². The van der Waals surface area contributed by atoms with E-state index in [1.807, 2.05) is 0 Å². The Morgan fingerprint density at radius 3 is 3.16 bits per heavy atom. The number of carboxylic acid groups (broad SMARTS) is 1. The molecule has 1 unspecified atom stereocenters. The van der Waals surface area contributed by atoms with E-state index < -0.39 is 5.97 Å². The van der Waals surface area contributed by atoms with Crippen molar-refractivity contribution in [2.24, 2.45) is 7.05 Å². The van der Waals surface area contributed by atoms with Crippen molar-refractivity contribution in [1.29, 1.82) is 0 Å². The van der Waals surface area contributed by atoms with Gasteiger partial charge < -0.3 is 15.2 Å². The van der Waals surface area contributed by atoms with Crippen molar-refractivity contribution in [3.05, 3.63) is 17.5 Å². The van der Waals surface area contributed by atoms with E-state index in [0.29, 0.717) is 18.3 Å². The second kappa shape index (κ2) is 6.68. The SMILES string of the molecule is Cn1ncc(C(=O)O)c1CNCCC1CCCCO1. The molecule has 0 saturated carbocycles. The lowest BCUT2D eigenvalue weighted by Crippen LogP contribution is -2.26. The molecular formula is C13H21N3O3. The lowest BCUT2D eigenvalue weighted by Gasteiger charge is -2.22. The third-order valence-electron chi connectivity index (χ3n) is 3.50. The van der Waals surface area contributed by atoms with Crippen molar-refractivity contribution < 1.29 is 14.6 Å². The van der Waals surface area contributed by atoms with Crippen LogP contribution in [0.1, 0.15) is 41.7 Å². The first-order valence-electron chi connectivity index (χ1n) is 6.75. The predicted molar refractivity (Wildman–Crippen MR) is 70.1 cm³/mol. The van der Waals surface area contributed by atoms with Crippen LogP contribution in [0.2, 0.25) is 0 Å². The summed E-state index contributed by atoms with van der Waals surface area (Å²) in [5.74, 6) is -0.930. The Morgan fingerprint density at radius 2 is 2.47 bits per heavy atom. The maximum absolute atomic E-state index is 11.0. The first-order chi connectivity index (χ1) is 9.18. The van der Waals surface area contributed by atoms with Crippen LogP contribution < -0.4 is 5.32 Å². The number of carbonyl (C=O) groups is 1. The van der Waals surface area contributed by atoms with Gasteiger partial charge in [-0.05, 0) is 32.2 Å². The maximum atomic E-state index is 11.0. The molecule has 6 nitrogen and oxygen atoms in total. The minimum absolute atomic E-state index is 0.268. The summed E-state index contributed by atoms with van der Waals surface area (Å²) in [5, 5.41) is 16.3. The van der Waals surface area contributed by atoms with Crippen molar-refractivity contribution in [3.8, 4) is 0 Å². The summed E-state index contributed by atoms with van der Waals surface area (Å²) in [7, 11) is 1.76. The Kier molecular flexibility index (Phi) is 4.93. The molecule has 2 rings (SSSR count). The highest BCUT2D eigenvalue weighted by Gasteiger charge is 2.15. The Labute approximate surface area is 112 Å². The molecule has 19 heavy (non-hydrogen) atoms. The van der Waals surface area contributed by atoms with Crippen molar-refractivity contribution in [3.63, 3.8) is 0 Å². The third kappa shape index (κ3) is 3.78. The monoisotopic (exact) mass is 267 g/mol. The Bertz CT molecular complexity index is 425. The number of nitrogens with zero attached hydrogens (tertiary/aromatic N) is 2. The fraction of sp³-hybridized carbons (Fsp3) is 0.692. The van der Waals surface area contributed by atoms with Crippen LogP contribution in [0, 0.1) is 0 Å². The summed E-state index contributed by atoms with van der Waals surface area (Å²) in [6.45, 7) is 2.22. The lowest BCUT2D eigenvalue weighted by atomic mass is 10.1. The summed E-state index contributed by atoms with van der Waals surface area (Å²) >= 11 is 0. The van der Waals surface area contributed by atoms with Crippen LogP contribution in [0.4, 0.5) is 0 Å². The van der Waals surface area contributed by atoms with E-state index in [-0.39, 0.29) is 5.56 Å². The Morgan fingerprint density at radius 1 is 1.63 bits per heavy atom. The number of aromatic nitrogens is 2. The molecule has 0 amide bonds. The van der Waals surface area contributed by atoms with Gasteiger partial charge in [-0.25, -0.2) is 4.79 Å². The molecule has 0 spiro atoms. The number of ether oxygens (including phenoxy) is 1. The second-order valence-electron chi connectivity index (χ2n) is 4.89. The van der Waals surface area contributed by atoms with Gasteiger partial charge >= 0.3 is 5.97 Å². The van der Waals surface area contributed by atoms with Crippen LogP contribution in [-0.4, -0.2) is 40.1 Å². The van der Waals surface area contributed by atoms with E-state index in [1.165, 1.54) is 19.0 Å². The second-order valence-corrected chi connectivity index (χ2v) is 4.89.